The lowest BCUT2D eigenvalue weighted by Gasteiger charge is -2.11. The van der Waals surface area contributed by atoms with Crippen molar-refractivity contribution in [2.45, 2.75) is 26.3 Å². The highest BCUT2D eigenvalue weighted by molar-refractivity contribution is 7.10. The molecule has 1 aromatic carbocycles. The predicted octanol–water partition coefficient (Wildman–Crippen LogP) is 3.90. The number of aromatic amines is 1. The summed E-state index contributed by atoms with van der Waals surface area (Å²) in [5, 5.41) is 17.1. The highest BCUT2D eigenvalue weighted by Crippen LogP contribution is 2.22. The second-order valence-electron chi connectivity index (χ2n) is 6.86. The number of nitrogens with one attached hydrogen (secondary N) is 1. The molecular weight excluding hydrogens is 391 g/mol. The molecule has 0 aliphatic heterocycles. The van der Waals surface area contributed by atoms with Gasteiger partial charge < -0.3 is 4.57 Å². The van der Waals surface area contributed by atoms with Gasteiger partial charge in [0.25, 0.3) is 0 Å². The van der Waals surface area contributed by atoms with E-state index in [1.807, 2.05) is 24.3 Å². The van der Waals surface area contributed by atoms with Crippen molar-refractivity contribution in [3.8, 4) is 11.4 Å². The van der Waals surface area contributed by atoms with Crippen LogP contribution in [0.1, 0.15) is 36.0 Å². The van der Waals surface area contributed by atoms with E-state index in [4.69, 9.17) is 0 Å². The van der Waals surface area contributed by atoms with E-state index in [2.05, 4.69) is 44.8 Å². The fraction of sp³-hybridized carbons (Fsp3) is 0.250. The summed E-state index contributed by atoms with van der Waals surface area (Å²) in [6, 6.07) is 5.48. The Morgan fingerprint density at radius 2 is 2.17 bits per heavy atom. The molecule has 0 amide bonds. The number of hydrogen-bond acceptors (Lipinski definition) is 6. The van der Waals surface area contributed by atoms with E-state index in [1.54, 1.807) is 28.2 Å². The number of thiazole rings is 1. The lowest BCUT2D eigenvalue weighted by molar-refractivity contribution is 0.450. The van der Waals surface area contributed by atoms with Gasteiger partial charge in [0, 0.05) is 17.0 Å². The number of alkyl halides is 1. The normalized spacial score (nSPS) is 11.9. The molecule has 1 N–H and O–H groups in total. The molecule has 0 radical (unpaired) electrons. The Labute approximate surface area is 169 Å². The molecule has 4 rings (SSSR count). The van der Waals surface area contributed by atoms with Crippen LogP contribution in [0.5, 0.6) is 0 Å². The quantitative estimate of drug-likeness (QED) is 0.521. The number of fused-ring (bicyclic) bond motifs is 1. The first-order valence-electron chi connectivity index (χ1n) is 9.17. The smallest absolute Gasteiger partial charge is 0.210 e. The van der Waals surface area contributed by atoms with Gasteiger partial charge >= 0.3 is 0 Å². The Morgan fingerprint density at radius 3 is 2.86 bits per heavy atom. The molecule has 0 spiro atoms. The van der Waals surface area contributed by atoms with Crippen LogP contribution in [0.2, 0.25) is 0 Å². The Kier molecular flexibility index (Phi) is 5.30. The molecule has 0 aliphatic rings. The molecule has 0 bridgehead atoms. The maximum atomic E-state index is 13.1. The third-order valence-electron chi connectivity index (χ3n) is 4.57. The summed E-state index contributed by atoms with van der Waals surface area (Å²) < 4.78 is 14.9. The molecule has 0 saturated heterocycles. The van der Waals surface area contributed by atoms with Crippen LogP contribution in [-0.4, -0.2) is 36.8 Å². The number of halogens is 1. The molecule has 4 aromatic rings. The van der Waals surface area contributed by atoms with Crippen molar-refractivity contribution in [1.29, 1.82) is 0 Å². The van der Waals surface area contributed by atoms with Crippen molar-refractivity contribution in [1.82, 2.24) is 30.2 Å². The van der Waals surface area contributed by atoms with Crippen LogP contribution in [-0.2, 0) is 6.54 Å². The summed E-state index contributed by atoms with van der Waals surface area (Å²) >= 11 is 1.59. The van der Waals surface area contributed by atoms with Crippen molar-refractivity contribution in [3.63, 3.8) is 0 Å². The molecule has 7 nitrogen and oxygen atoms in total. The van der Waals surface area contributed by atoms with E-state index in [1.165, 1.54) is 0 Å². The van der Waals surface area contributed by atoms with E-state index in [0.29, 0.717) is 16.8 Å². The zero-order valence-electron chi connectivity index (χ0n) is 16.0. The number of hydrogen-bond donors (Lipinski definition) is 1. The van der Waals surface area contributed by atoms with Gasteiger partial charge in [-0.1, -0.05) is 26.0 Å². The third kappa shape index (κ3) is 3.86. The van der Waals surface area contributed by atoms with Crippen molar-refractivity contribution in [2.24, 2.45) is 0 Å². The maximum absolute atomic E-state index is 13.1. The van der Waals surface area contributed by atoms with Gasteiger partial charge in [-0.05, 0) is 34.9 Å². The molecule has 3 aromatic heterocycles. The van der Waals surface area contributed by atoms with E-state index < -0.39 is 6.67 Å². The number of pyridine rings is 1. The SMILES string of the molecule is CC(C)c1csc(C=Cc2ccc3c(=O)c(-c4nn[nH]n4)cn(CCF)c3c2)n1. The standard InChI is InChI=1S/C20H19FN6OS/c1-12(2)16-11-29-18(22-16)6-4-13-3-5-14-17(9-13)27(8-7-21)10-15(19(14)28)20-23-25-26-24-20/h3-6,9-12H,7-8H2,1-2H3,(H,23,24,25,26). The summed E-state index contributed by atoms with van der Waals surface area (Å²) in [5.74, 6) is 0.579. The van der Waals surface area contributed by atoms with Gasteiger partial charge in [0.2, 0.25) is 11.3 Å². The summed E-state index contributed by atoms with van der Waals surface area (Å²) in [7, 11) is 0. The van der Waals surface area contributed by atoms with E-state index in [9.17, 15) is 9.18 Å². The van der Waals surface area contributed by atoms with Gasteiger partial charge in [-0.25, -0.2) is 9.37 Å². The molecule has 0 fully saturated rings. The van der Waals surface area contributed by atoms with Gasteiger partial charge in [-0.3, -0.25) is 4.79 Å². The number of aryl methyl sites for hydroxylation is 1. The lowest BCUT2D eigenvalue weighted by Crippen LogP contribution is -2.13. The van der Waals surface area contributed by atoms with Crippen LogP contribution in [0.4, 0.5) is 4.39 Å². The minimum Gasteiger partial charge on any atom is -0.344 e. The van der Waals surface area contributed by atoms with Crippen molar-refractivity contribution < 1.29 is 4.39 Å². The second-order valence-corrected chi connectivity index (χ2v) is 7.75. The number of tetrazole rings is 1. The molecule has 0 saturated carbocycles. The van der Waals surface area contributed by atoms with Crippen LogP contribution in [0.25, 0.3) is 34.4 Å². The minimum absolute atomic E-state index is 0.124. The van der Waals surface area contributed by atoms with Gasteiger partial charge in [-0.15, -0.1) is 21.5 Å². The highest BCUT2D eigenvalue weighted by Gasteiger charge is 2.14. The molecule has 148 valence electrons. The first kappa shape index (κ1) is 19.1. The van der Waals surface area contributed by atoms with E-state index in [0.717, 1.165) is 16.3 Å². The van der Waals surface area contributed by atoms with Crippen LogP contribution in [0.15, 0.2) is 34.6 Å². The summed E-state index contributed by atoms with van der Waals surface area (Å²) in [6.07, 6.45) is 5.47. The molecule has 3 heterocycles. The number of rotatable bonds is 6. The molecule has 0 unspecified atom stereocenters. The third-order valence-corrected chi connectivity index (χ3v) is 5.39. The number of nitrogens with zero attached hydrogens (tertiary/aromatic N) is 5. The average Bonchev–Trinajstić information content (AvgIpc) is 3.41. The Bertz CT molecular complexity index is 1230. The van der Waals surface area contributed by atoms with Crippen molar-refractivity contribution in [2.75, 3.05) is 6.67 Å². The van der Waals surface area contributed by atoms with Crippen LogP contribution in [0.3, 0.4) is 0 Å². The average molecular weight is 410 g/mol. The molecule has 0 aliphatic carbocycles. The van der Waals surface area contributed by atoms with Crippen molar-refractivity contribution >= 4 is 34.4 Å². The molecule has 29 heavy (non-hydrogen) atoms. The highest BCUT2D eigenvalue weighted by atomic mass is 32.1. The molecule has 0 atom stereocenters. The lowest BCUT2D eigenvalue weighted by atomic mass is 10.1. The molecular formula is C20H19FN6OS. The summed E-state index contributed by atoms with van der Waals surface area (Å²) in [6.45, 7) is 3.79. The van der Waals surface area contributed by atoms with E-state index >= 15 is 0 Å². The minimum atomic E-state index is -0.555. The zero-order chi connectivity index (χ0) is 20.4. The summed E-state index contributed by atoms with van der Waals surface area (Å²) in [5.41, 5.74) is 2.70. The summed E-state index contributed by atoms with van der Waals surface area (Å²) in [4.78, 5) is 17.5. The second kappa shape index (κ2) is 8.04. The van der Waals surface area contributed by atoms with Gasteiger partial charge in [0.05, 0.1) is 23.3 Å². The van der Waals surface area contributed by atoms with E-state index in [-0.39, 0.29) is 23.4 Å². The Balaban J connectivity index is 1.76. The van der Waals surface area contributed by atoms with Gasteiger partial charge in [0.15, 0.2) is 0 Å². The fourth-order valence-corrected chi connectivity index (χ4v) is 3.90. The van der Waals surface area contributed by atoms with Crippen LogP contribution < -0.4 is 5.43 Å². The van der Waals surface area contributed by atoms with Crippen LogP contribution >= 0.6 is 11.3 Å². The first-order valence-corrected chi connectivity index (χ1v) is 10.0. The first-order chi connectivity index (χ1) is 14.1. The van der Waals surface area contributed by atoms with Gasteiger partial charge in [0.1, 0.15) is 11.7 Å². The monoisotopic (exact) mass is 410 g/mol. The molecule has 9 heteroatoms. The largest absolute Gasteiger partial charge is 0.344 e. The topological polar surface area (TPSA) is 89.4 Å². The maximum Gasteiger partial charge on any atom is 0.210 e. The Morgan fingerprint density at radius 1 is 1.31 bits per heavy atom. The number of benzene rings is 1. The van der Waals surface area contributed by atoms with Crippen LogP contribution in [0, 0.1) is 0 Å². The van der Waals surface area contributed by atoms with Crippen molar-refractivity contribution in [3.05, 3.63) is 56.3 Å². The van der Waals surface area contributed by atoms with Gasteiger partial charge in [-0.2, -0.15) is 5.21 Å². The zero-order valence-corrected chi connectivity index (χ0v) is 16.8. The number of aromatic nitrogens is 6. The fourth-order valence-electron chi connectivity index (χ4n) is 3.03. The Hall–Kier alpha value is -3.20. The predicted molar refractivity (Wildman–Crippen MR) is 112 cm³/mol. The number of H-pyrrole nitrogens is 1.